The summed E-state index contributed by atoms with van der Waals surface area (Å²) >= 11 is 0. The molecule has 0 spiro atoms. The molecule has 0 aromatic heterocycles. The molecule has 1 heterocycles. The lowest BCUT2D eigenvalue weighted by molar-refractivity contribution is 0.0936. The van der Waals surface area contributed by atoms with E-state index in [4.69, 9.17) is 0 Å². The van der Waals surface area contributed by atoms with Gasteiger partial charge >= 0.3 is 0 Å². The van der Waals surface area contributed by atoms with E-state index >= 15 is 0 Å². The number of nitrogens with one attached hydrogen (secondary N) is 1. The highest BCUT2D eigenvalue weighted by Gasteiger charge is 2.28. The lowest BCUT2D eigenvalue weighted by atomic mass is 9.94. The highest BCUT2D eigenvalue weighted by atomic mass is 15.2. The molecule has 114 valence electrons. The Balaban J connectivity index is 2.26. The molecule has 0 aromatic rings. The summed E-state index contributed by atoms with van der Waals surface area (Å²) in [5.41, 5.74) is 0. The summed E-state index contributed by atoms with van der Waals surface area (Å²) in [5.74, 6) is 0.820. The summed E-state index contributed by atoms with van der Waals surface area (Å²) in [4.78, 5) is 2.76. The van der Waals surface area contributed by atoms with Crippen LogP contribution < -0.4 is 5.32 Å². The van der Waals surface area contributed by atoms with Crippen LogP contribution in [0.1, 0.15) is 72.6 Å². The molecule has 1 aliphatic rings. The number of rotatable bonds is 9. The molecule has 2 heteroatoms. The molecule has 1 aliphatic heterocycles. The highest BCUT2D eigenvalue weighted by molar-refractivity contribution is 4.86. The second kappa shape index (κ2) is 9.77. The molecule has 0 radical (unpaired) electrons. The van der Waals surface area contributed by atoms with Crippen LogP contribution in [0, 0.1) is 5.92 Å². The maximum atomic E-state index is 3.65. The average Bonchev–Trinajstić information content (AvgIpc) is 2.42. The van der Waals surface area contributed by atoms with Gasteiger partial charge in [-0.15, -0.1) is 0 Å². The Morgan fingerprint density at radius 2 is 1.79 bits per heavy atom. The fourth-order valence-electron chi connectivity index (χ4n) is 3.19. The summed E-state index contributed by atoms with van der Waals surface area (Å²) in [5, 5.41) is 3.65. The lowest BCUT2D eigenvalue weighted by Crippen LogP contribution is -2.57. The molecule has 3 unspecified atom stereocenters. The Morgan fingerprint density at radius 1 is 1.11 bits per heavy atom. The molecule has 1 fully saturated rings. The Hall–Kier alpha value is -0.0800. The second-order valence-electron chi connectivity index (χ2n) is 6.52. The van der Waals surface area contributed by atoms with Gasteiger partial charge in [-0.05, 0) is 25.8 Å². The molecule has 1 saturated heterocycles. The van der Waals surface area contributed by atoms with Gasteiger partial charge in [-0.3, -0.25) is 4.90 Å². The molecule has 1 N–H and O–H groups in total. The molecule has 1 rings (SSSR count). The zero-order chi connectivity index (χ0) is 14.1. The standard InChI is InChI=1S/C17H36N2/c1-5-7-8-9-10-11-12-19-14-16(4)18-13-17(19)15(3)6-2/h15-18H,5-14H2,1-4H3. The first-order chi connectivity index (χ1) is 9.19. The molecule has 0 aromatic carbocycles. The Morgan fingerprint density at radius 3 is 2.47 bits per heavy atom. The van der Waals surface area contributed by atoms with Crippen LogP contribution in [0.2, 0.25) is 0 Å². The van der Waals surface area contributed by atoms with Crippen molar-refractivity contribution in [3.8, 4) is 0 Å². The monoisotopic (exact) mass is 268 g/mol. The van der Waals surface area contributed by atoms with Gasteiger partial charge in [0, 0.05) is 25.2 Å². The Labute approximate surface area is 121 Å². The zero-order valence-electron chi connectivity index (χ0n) is 13.8. The van der Waals surface area contributed by atoms with Crippen molar-refractivity contribution in [2.75, 3.05) is 19.6 Å². The van der Waals surface area contributed by atoms with Gasteiger partial charge in [0.15, 0.2) is 0 Å². The van der Waals surface area contributed by atoms with E-state index in [-0.39, 0.29) is 0 Å². The van der Waals surface area contributed by atoms with Crippen LogP contribution in [-0.2, 0) is 0 Å². The molecule has 3 atom stereocenters. The van der Waals surface area contributed by atoms with Crippen LogP contribution in [0.25, 0.3) is 0 Å². The minimum Gasteiger partial charge on any atom is -0.311 e. The smallest absolute Gasteiger partial charge is 0.0246 e. The third-order valence-corrected chi connectivity index (χ3v) is 4.75. The maximum Gasteiger partial charge on any atom is 0.0246 e. The summed E-state index contributed by atoms with van der Waals surface area (Å²) in [7, 11) is 0. The first-order valence-electron chi connectivity index (χ1n) is 8.66. The third-order valence-electron chi connectivity index (χ3n) is 4.75. The molecule has 0 aliphatic carbocycles. The molecule has 0 bridgehead atoms. The predicted octanol–water partition coefficient (Wildman–Crippen LogP) is 4.06. The van der Waals surface area contributed by atoms with E-state index in [0.717, 1.165) is 12.0 Å². The summed E-state index contributed by atoms with van der Waals surface area (Å²) in [6.45, 7) is 13.1. The van der Waals surface area contributed by atoms with Gasteiger partial charge < -0.3 is 5.32 Å². The topological polar surface area (TPSA) is 15.3 Å². The number of nitrogens with zero attached hydrogens (tertiary/aromatic N) is 1. The van der Waals surface area contributed by atoms with Crippen molar-refractivity contribution in [3.05, 3.63) is 0 Å². The molecule has 0 amide bonds. The van der Waals surface area contributed by atoms with Gasteiger partial charge in [0.1, 0.15) is 0 Å². The van der Waals surface area contributed by atoms with Crippen molar-refractivity contribution in [2.24, 2.45) is 5.92 Å². The lowest BCUT2D eigenvalue weighted by Gasteiger charge is -2.42. The van der Waals surface area contributed by atoms with E-state index in [1.54, 1.807) is 0 Å². The van der Waals surface area contributed by atoms with Crippen LogP contribution in [0.5, 0.6) is 0 Å². The number of unbranched alkanes of at least 4 members (excludes halogenated alkanes) is 5. The van der Waals surface area contributed by atoms with Gasteiger partial charge in [0.25, 0.3) is 0 Å². The van der Waals surface area contributed by atoms with Crippen LogP contribution in [0.15, 0.2) is 0 Å². The van der Waals surface area contributed by atoms with E-state index in [1.807, 2.05) is 0 Å². The zero-order valence-corrected chi connectivity index (χ0v) is 13.8. The van der Waals surface area contributed by atoms with E-state index in [1.165, 1.54) is 64.6 Å². The van der Waals surface area contributed by atoms with Crippen molar-refractivity contribution in [3.63, 3.8) is 0 Å². The highest BCUT2D eigenvalue weighted by Crippen LogP contribution is 2.19. The van der Waals surface area contributed by atoms with Crippen molar-refractivity contribution >= 4 is 0 Å². The van der Waals surface area contributed by atoms with Gasteiger partial charge in [0.05, 0.1) is 0 Å². The van der Waals surface area contributed by atoms with Gasteiger partial charge in [0.2, 0.25) is 0 Å². The summed E-state index contributed by atoms with van der Waals surface area (Å²) < 4.78 is 0. The quantitative estimate of drug-likeness (QED) is 0.635. The van der Waals surface area contributed by atoms with Crippen molar-refractivity contribution in [1.29, 1.82) is 0 Å². The SMILES string of the molecule is CCCCCCCCN1CC(C)NCC1C(C)CC. The third kappa shape index (κ3) is 6.27. The van der Waals surface area contributed by atoms with E-state index < -0.39 is 0 Å². The normalized spacial score (nSPS) is 26.5. The molecule has 0 saturated carbocycles. The molecule has 2 nitrogen and oxygen atoms in total. The maximum absolute atomic E-state index is 3.65. The summed E-state index contributed by atoms with van der Waals surface area (Å²) in [6, 6.07) is 1.43. The minimum absolute atomic E-state index is 0.667. The fraction of sp³-hybridized carbons (Fsp3) is 1.00. The van der Waals surface area contributed by atoms with E-state index in [2.05, 4.69) is 37.9 Å². The van der Waals surface area contributed by atoms with Crippen LogP contribution in [-0.4, -0.2) is 36.6 Å². The number of piperazine rings is 1. The molecular formula is C17H36N2. The molecular weight excluding hydrogens is 232 g/mol. The van der Waals surface area contributed by atoms with Crippen LogP contribution in [0.3, 0.4) is 0 Å². The van der Waals surface area contributed by atoms with Crippen LogP contribution >= 0.6 is 0 Å². The minimum atomic E-state index is 0.667. The van der Waals surface area contributed by atoms with E-state index in [0.29, 0.717) is 6.04 Å². The van der Waals surface area contributed by atoms with Gasteiger partial charge in [-0.1, -0.05) is 59.3 Å². The fourth-order valence-corrected chi connectivity index (χ4v) is 3.19. The second-order valence-corrected chi connectivity index (χ2v) is 6.52. The summed E-state index contributed by atoms with van der Waals surface area (Å²) in [6.07, 6.45) is 9.75. The van der Waals surface area contributed by atoms with Crippen molar-refractivity contribution in [2.45, 2.75) is 84.7 Å². The largest absolute Gasteiger partial charge is 0.311 e. The van der Waals surface area contributed by atoms with Gasteiger partial charge in [-0.2, -0.15) is 0 Å². The average molecular weight is 268 g/mol. The first-order valence-corrected chi connectivity index (χ1v) is 8.66. The van der Waals surface area contributed by atoms with Crippen molar-refractivity contribution < 1.29 is 0 Å². The number of hydrogen-bond acceptors (Lipinski definition) is 2. The first kappa shape index (κ1) is 17.0. The van der Waals surface area contributed by atoms with E-state index in [9.17, 15) is 0 Å². The van der Waals surface area contributed by atoms with Crippen molar-refractivity contribution in [1.82, 2.24) is 10.2 Å². The van der Waals surface area contributed by atoms with Gasteiger partial charge in [-0.25, -0.2) is 0 Å². The molecule has 19 heavy (non-hydrogen) atoms. The van der Waals surface area contributed by atoms with Crippen LogP contribution in [0.4, 0.5) is 0 Å². The predicted molar refractivity (Wildman–Crippen MR) is 85.7 cm³/mol. The Kier molecular flexibility index (Phi) is 8.72. The Bertz CT molecular complexity index is 217. The number of hydrogen-bond donors (Lipinski definition) is 1.